The molecule has 9 heteroatoms. The zero-order chi connectivity index (χ0) is 21.9. The van der Waals surface area contributed by atoms with Crippen molar-refractivity contribution in [2.75, 3.05) is 38.0 Å². The maximum atomic E-state index is 13.6. The standard InChI is InChI=1S/C21H21F4N3O2/c1-14-6-7-15(12-18(14)22)26-19(29)13-27-8-10-28(11-9-27)20(30)16-4-2-3-5-17(16)21(23,24)25/h2-7,12H,8-11,13H2,1H3,(H,26,29). The number of amides is 2. The summed E-state index contributed by atoms with van der Waals surface area (Å²) < 4.78 is 53.1. The van der Waals surface area contributed by atoms with Gasteiger partial charge in [-0.3, -0.25) is 14.5 Å². The Balaban J connectivity index is 1.55. The van der Waals surface area contributed by atoms with Crippen molar-refractivity contribution in [1.82, 2.24) is 9.80 Å². The van der Waals surface area contributed by atoms with Crippen molar-refractivity contribution >= 4 is 17.5 Å². The summed E-state index contributed by atoms with van der Waals surface area (Å²) in [4.78, 5) is 27.9. The number of carbonyl (C=O) groups excluding carboxylic acids is 2. The molecule has 0 saturated carbocycles. The van der Waals surface area contributed by atoms with Gasteiger partial charge < -0.3 is 10.2 Å². The minimum absolute atomic E-state index is 0.0384. The van der Waals surface area contributed by atoms with Crippen molar-refractivity contribution in [1.29, 1.82) is 0 Å². The summed E-state index contributed by atoms with van der Waals surface area (Å²) in [5.74, 6) is -1.43. The third-order valence-corrected chi connectivity index (χ3v) is 4.95. The second kappa shape index (κ2) is 8.83. The molecule has 160 valence electrons. The first-order valence-electron chi connectivity index (χ1n) is 9.39. The van der Waals surface area contributed by atoms with E-state index in [0.29, 0.717) is 24.3 Å². The van der Waals surface area contributed by atoms with E-state index in [2.05, 4.69) is 5.32 Å². The van der Waals surface area contributed by atoms with E-state index in [1.165, 1.54) is 29.2 Å². The Morgan fingerprint density at radius 2 is 1.70 bits per heavy atom. The van der Waals surface area contributed by atoms with Crippen LogP contribution in [0.15, 0.2) is 42.5 Å². The second-order valence-corrected chi connectivity index (χ2v) is 7.12. The predicted octanol–water partition coefficient (Wildman–Crippen LogP) is 3.55. The largest absolute Gasteiger partial charge is 0.417 e. The van der Waals surface area contributed by atoms with E-state index in [4.69, 9.17) is 0 Å². The van der Waals surface area contributed by atoms with Crippen molar-refractivity contribution in [2.45, 2.75) is 13.1 Å². The lowest BCUT2D eigenvalue weighted by Gasteiger charge is -2.34. The number of aryl methyl sites for hydroxylation is 1. The maximum absolute atomic E-state index is 13.6. The molecule has 0 unspecified atom stereocenters. The van der Waals surface area contributed by atoms with Crippen LogP contribution in [0.2, 0.25) is 0 Å². The van der Waals surface area contributed by atoms with Crippen molar-refractivity contribution in [3.05, 3.63) is 65.0 Å². The number of piperazine rings is 1. The molecule has 3 rings (SSSR count). The van der Waals surface area contributed by atoms with Crippen molar-refractivity contribution in [3.8, 4) is 0 Å². The van der Waals surface area contributed by atoms with E-state index in [1.54, 1.807) is 24.0 Å². The van der Waals surface area contributed by atoms with Gasteiger partial charge in [0, 0.05) is 31.9 Å². The highest BCUT2D eigenvalue weighted by molar-refractivity contribution is 5.96. The van der Waals surface area contributed by atoms with Gasteiger partial charge in [-0.15, -0.1) is 0 Å². The molecule has 0 aromatic heterocycles. The number of hydrogen-bond donors (Lipinski definition) is 1. The van der Waals surface area contributed by atoms with Gasteiger partial charge in [-0.05, 0) is 36.8 Å². The Bertz CT molecular complexity index is 938. The van der Waals surface area contributed by atoms with Gasteiger partial charge in [0.05, 0.1) is 17.7 Å². The molecule has 1 N–H and O–H groups in total. The van der Waals surface area contributed by atoms with Gasteiger partial charge in [0.25, 0.3) is 5.91 Å². The van der Waals surface area contributed by atoms with E-state index in [1.807, 2.05) is 0 Å². The van der Waals surface area contributed by atoms with Crippen LogP contribution in [0.3, 0.4) is 0 Å². The highest BCUT2D eigenvalue weighted by atomic mass is 19.4. The van der Waals surface area contributed by atoms with Gasteiger partial charge in [-0.2, -0.15) is 13.2 Å². The van der Waals surface area contributed by atoms with Crippen molar-refractivity contribution in [2.24, 2.45) is 0 Å². The molecular weight excluding hydrogens is 402 g/mol. The number of nitrogens with one attached hydrogen (secondary N) is 1. The first-order chi connectivity index (χ1) is 14.1. The molecule has 0 bridgehead atoms. The highest BCUT2D eigenvalue weighted by Gasteiger charge is 2.36. The Kier molecular flexibility index (Phi) is 6.40. The Morgan fingerprint density at radius 1 is 1.03 bits per heavy atom. The third kappa shape index (κ3) is 5.15. The number of carbonyl (C=O) groups is 2. The molecule has 1 fully saturated rings. The van der Waals surface area contributed by atoms with E-state index >= 15 is 0 Å². The van der Waals surface area contributed by atoms with Gasteiger partial charge in [-0.25, -0.2) is 4.39 Å². The van der Waals surface area contributed by atoms with Crippen LogP contribution in [0.5, 0.6) is 0 Å². The van der Waals surface area contributed by atoms with E-state index in [0.717, 1.165) is 6.07 Å². The molecule has 0 atom stereocenters. The smallest absolute Gasteiger partial charge is 0.336 e. The molecule has 2 aromatic carbocycles. The van der Waals surface area contributed by atoms with Crippen LogP contribution in [0.25, 0.3) is 0 Å². The SMILES string of the molecule is Cc1ccc(NC(=O)CN2CCN(C(=O)c3ccccc3C(F)(F)F)CC2)cc1F. The maximum Gasteiger partial charge on any atom is 0.417 e. The van der Waals surface area contributed by atoms with Crippen LogP contribution in [0.4, 0.5) is 23.2 Å². The summed E-state index contributed by atoms with van der Waals surface area (Å²) >= 11 is 0. The quantitative estimate of drug-likeness (QED) is 0.766. The molecule has 2 amide bonds. The second-order valence-electron chi connectivity index (χ2n) is 7.12. The van der Waals surface area contributed by atoms with Gasteiger partial charge in [0.1, 0.15) is 5.82 Å². The minimum Gasteiger partial charge on any atom is -0.336 e. The van der Waals surface area contributed by atoms with E-state index in [-0.39, 0.29) is 31.1 Å². The monoisotopic (exact) mass is 423 g/mol. The minimum atomic E-state index is -4.61. The van der Waals surface area contributed by atoms with Gasteiger partial charge in [-0.1, -0.05) is 18.2 Å². The fourth-order valence-electron chi connectivity index (χ4n) is 3.27. The number of alkyl halides is 3. The van der Waals surface area contributed by atoms with Crippen LogP contribution >= 0.6 is 0 Å². The number of anilines is 1. The number of hydrogen-bond acceptors (Lipinski definition) is 3. The van der Waals surface area contributed by atoms with Crippen LogP contribution in [-0.2, 0) is 11.0 Å². The lowest BCUT2D eigenvalue weighted by atomic mass is 10.1. The van der Waals surface area contributed by atoms with Crippen LogP contribution in [0, 0.1) is 12.7 Å². The lowest BCUT2D eigenvalue weighted by molar-refractivity contribution is -0.138. The summed E-state index contributed by atoms with van der Waals surface area (Å²) in [5, 5.41) is 2.62. The first-order valence-corrected chi connectivity index (χ1v) is 9.39. The number of halogens is 4. The highest BCUT2D eigenvalue weighted by Crippen LogP contribution is 2.32. The van der Waals surface area contributed by atoms with Gasteiger partial charge >= 0.3 is 6.18 Å². The fraction of sp³-hybridized carbons (Fsp3) is 0.333. The van der Waals surface area contributed by atoms with E-state index in [9.17, 15) is 27.2 Å². The van der Waals surface area contributed by atoms with Gasteiger partial charge in [0.15, 0.2) is 0 Å². The molecule has 0 radical (unpaired) electrons. The van der Waals surface area contributed by atoms with Crippen LogP contribution in [-0.4, -0.2) is 54.3 Å². The summed E-state index contributed by atoms with van der Waals surface area (Å²) in [5.41, 5.74) is -0.513. The topological polar surface area (TPSA) is 52.7 Å². The average Bonchev–Trinajstić information content (AvgIpc) is 2.70. The van der Waals surface area contributed by atoms with Gasteiger partial charge in [0.2, 0.25) is 5.91 Å². The summed E-state index contributed by atoms with van der Waals surface area (Å²) in [6.45, 7) is 2.76. The summed E-state index contributed by atoms with van der Waals surface area (Å²) in [6.07, 6.45) is -4.61. The Hall–Kier alpha value is -2.94. The molecule has 5 nitrogen and oxygen atoms in total. The summed E-state index contributed by atoms with van der Waals surface area (Å²) in [7, 11) is 0. The molecule has 1 aliphatic heterocycles. The molecule has 0 spiro atoms. The number of rotatable bonds is 4. The lowest BCUT2D eigenvalue weighted by Crippen LogP contribution is -2.50. The van der Waals surface area contributed by atoms with E-state index < -0.39 is 23.5 Å². The zero-order valence-electron chi connectivity index (χ0n) is 16.3. The molecule has 0 aliphatic carbocycles. The Morgan fingerprint density at radius 3 is 2.33 bits per heavy atom. The Labute approximate surface area is 171 Å². The van der Waals surface area contributed by atoms with Crippen molar-refractivity contribution < 1.29 is 27.2 Å². The van der Waals surface area contributed by atoms with Crippen LogP contribution < -0.4 is 5.32 Å². The summed E-state index contributed by atoms with van der Waals surface area (Å²) in [6, 6.07) is 9.11. The van der Waals surface area contributed by atoms with Crippen molar-refractivity contribution in [3.63, 3.8) is 0 Å². The molecular formula is C21H21F4N3O2. The third-order valence-electron chi connectivity index (χ3n) is 4.95. The first kappa shape index (κ1) is 21.8. The fourth-order valence-corrected chi connectivity index (χ4v) is 3.27. The molecule has 1 aliphatic rings. The number of benzene rings is 2. The molecule has 1 saturated heterocycles. The normalized spacial score (nSPS) is 15.2. The zero-order valence-corrected chi connectivity index (χ0v) is 16.3. The predicted molar refractivity (Wildman–Crippen MR) is 104 cm³/mol. The average molecular weight is 423 g/mol. The molecule has 1 heterocycles. The molecule has 2 aromatic rings. The number of nitrogens with zero attached hydrogens (tertiary/aromatic N) is 2. The molecule has 30 heavy (non-hydrogen) atoms. The van der Waals surface area contributed by atoms with Crippen LogP contribution in [0.1, 0.15) is 21.5 Å².